The van der Waals surface area contributed by atoms with Crippen LogP contribution in [0.25, 0.3) is 0 Å². The quantitative estimate of drug-likeness (QED) is 0.832. The highest BCUT2D eigenvalue weighted by Gasteiger charge is 2.42. The second kappa shape index (κ2) is 4.16. The van der Waals surface area contributed by atoms with Gasteiger partial charge in [0.25, 0.3) is 0 Å². The fourth-order valence-electron chi connectivity index (χ4n) is 3.90. The summed E-state index contributed by atoms with van der Waals surface area (Å²) in [6, 6.07) is 2.27. The Morgan fingerprint density at radius 3 is 2.30 bits per heavy atom. The SMILES string of the molecule is CCc1cc2c3c(c1O)C(C)(C)CCN3CCC2(C)C. The number of hydrogen-bond donors (Lipinski definition) is 1. The van der Waals surface area contributed by atoms with Gasteiger partial charge < -0.3 is 10.0 Å². The van der Waals surface area contributed by atoms with Gasteiger partial charge in [-0.3, -0.25) is 0 Å². The van der Waals surface area contributed by atoms with Crippen LogP contribution in [-0.4, -0.2) is 18.2 Å². The van der Waals surface area contributed by atoms with Crippen LogP contribution in [0.2, 0.25) is 0 Å². The van der Waals surface area contributed by atoms with Gasteiger partial charge >= 0.3 is 0 Å². The predicted octanol–water partition coefficient (Wildman–Crippen LogP) is 4.12. The molecule has 2 nitrogen and oxygen atoms in total. The summed E-state index contributed by atoms with van der Waals surface area (Å²) in [5, 5.41) is 10.8. The molecule has 3 rings (SSSR count). The van der Waals surface area contributed by atoms with Gasteiger partial charge in [0.15, 0.2) is 0 Å². The van der Waals surface area contributed by atoms with Crippen molar-refractivity contribution in [3.8, 4) is 5.75 Å². The minimum absolute atomic E-state index is 0.0727. The zero-order chi connectivity index (χ0) is 14.7. The second-order valence-electron chi connectivity index (χ2n) is 7.76. The van der Waals surface area contributed by atoms with Crippen LogP contribution >= 0.6 is 0 Å². The molecule has 110 valence electrons. The van der Waals surface area contributed by atoms with Crippen molar-refractivity contribution in [2.24, 2.45) is 0 Å². The standard InChI is InChI=1S/C18H27NO/c1-6-12-11-13-15-14(16(12)20)18(4,5)8-10-19(15)9-7-17(13,2)3/h11,20H,6-10H2,1-5H3. The molecule has 20 heavy (non-hydrogen) atoms. The number of aryl methyl sites for hydroxylation is 1. The van der Waals surface area contributed by atoms with E-state index in [0.717, 1.165) is 31.5 Å². The van der Waals surface area contributed by atoms with Gasteiger partial charge in [0.1, 0.15) is 5.75 Å². The van der Waals surface area contributed by atoms with Gasteiger partial charge in [-0.15, -0.1) is 0 Å². The van der Waals surface area contributed by atoms with E-state index in [4.69, 9.17) is 0 Å². The molecule has 2 aliphatic heterocycles. The maximum Gasteiger partial charge on any atom is 0.124 e. The third-order valence-corrected chi connectivity index (χ3v) is 5.47. The third kappa shape index (κ3) is 1.77. The van der Waals surface area contributed by atoms with Gasteiger partial charge in [0.05, 0.1) is 0 Å². The first-order valence-electron chi connectivity index (χ1n) is 7.92. The molecule has 0 unspecified atom stereocenters. The maximum absolute atomic E-state index is 10.8. The van der Waals surface area contributed by atoms with E-state index in [1.807, 2.05) is 0 Å². The Hall–Kier alpha value is -1.18. The van der Waals surface area contributed by atoms with Crippen molar-refractivity contribution < 1.29 is 5.11 Å². The molecule has 0 bridgehead atoms. The van der Waals surface area contributed by atoms with Crippen molar-refractivity contribution in [2.75, 3.05) is 18.0 Å². The number of hydrogen-bond acceptors (Lipinski definition) is 2. The van der Waals surface area contributed by atoms with Crippen molar-refractivity contribution in [3.05, 3.63) is 22.8 Å². The summed E-state index contributed by atoms with van der Waals surface area (Å²) < 4.78 is 0. The normalized spacial score (nSPS) is 22.6. The van der Waals surface area contributed by atoms with E-state index in [1.165, 1.54) is 23.2 Å². The number of aromatic hydroxyl groups is 1. The lowest BCUT2D eigenvalue weighted by Gasteiger charge is -2.48. The predicted molar refractivity (Wildman–Crippen MR) is 85.0 cm³/mol. The summed E-state index contributed by atoms with van der Waals surface area (Å²) in [6.45, 7) is 13.6. The van der Waals surface area contributed by atoms with E-state index in [-0.39, 0.29) is 10.8 Å². The Kier molecular flexibility index (Phi) is 2.87. The van der Waals surface area contributed by atoms with Crippen molar-refractivity contribution in [1.29, 1.82) is 0 Å². The molecule has 0 aliphatic carbocycles. The molecule has 0 saturated heterocycles. The van der Waals surface area contributed by atoms with E-state index in [1.54, 1.807) is 0 Å². The molecule has 2 heterocycles. The number of phenols is 1. The van der Waals surface area contributed by atoms with Gasteiger partial charge in [0.2, 0.25) is 0 Å². The van der Waals surface area contributed by atoms with Gasteiger partial charge in [0, 0.05) is 24.3 Å². The van der Waals surface area contributed by atoms with E-state index in [0.29, 0.717) is 5.75 Å². The average Bonchev–Trinajstić information content (AvgIpc) is 2.36. The molecular formula is C18H27NO. The zero-order valence-corrected chi connectivity index (χ0v) is 13.5. The first kappa shape index (κ1) is 13.8. The van der Waals surface area contributed by atoms with Crippen LogP contribution in [0, 0.1) is 0 Å². The minimum Gasteiger partial charge on any atom is -0.507 e. The Balaban J connectivity index is 2.37. The Morgan fingerprint density at radius 1 is 1.10 bits per heavy atom. The smallest absolute Gasteiger partial charge is 0.124 e. The van der Waals surface area contributed by atoms with Gasteiger partial charge in [-0.05, 0) is 47.3 Å². The lowest BCUT2D eigenvalue weighted by molar-refractivity contribution is 0.376. The molecule has 0 aromatic heterocycles. The highest BCUT2D eigenvalue weighted by molar-refractivity contribution is 5.73. The number of anilines is 1. The molecule has 1 aromatic rings. The molecule has 1 N–H and O–H groups in total. The van der Waals surface area contributed by atoms with Crippen molar-refractivity contribution in [2.45, 2.75) is 64.7 Å². The van der Waals surface area contributed by atoms with E-state index in [2.05, 4.69) is 45.6 Å². The van der Waals surface area contributed by atoms with Crippen LogP contribution in [0.1, 0.15) is 64.2 Å². The average molecular weight is 273 g/mol. The summed E-state index contributed by atoms with van der Waals surface area (Å²) in [6.07, 6.45) is 3.23. The van der Waals surface area contributed by atoms with E-state index in [9.17, 15) is 5.11 Å². The topological polar surface area (TPSA) is 23.5 Å². The summed E-state index contributed by atoms with van der Waals surface area (Å²) in [4.78, 5) is 2.50. The Bertz CT molecular complexity index is 555. The monoisotopic (exact) mass is 273 g/mol. The van der Waals surface area contributed by atoms with Crippen LogP contribution in [0.15, 0.2) is 6.07 Å². The maximum atomic E-state index is 10.8. The molecule has 2 aliphatic rings. The summed E-state index contributed by atoms with van der Waals surface area (Å²) in [7, 11) is 0. The highest BCUT2D eigenvalue weighted by atomic mass is 16.3. The highest BCUT2D eigenvalue weighted by Crippen LogP contribution is 2.53. The van der Waals surface area contributed by atoms with Crippen molar-refractivity contribution in [1.82, 2.24) is 0 Å². The summed E-state index contributed by atoms with van der Waals surface area (Å²) >= 11 is 0. The van der Waals surface area contributed by atoms with E-state index < -0.39 is 0 Å². The van der Waals surface area contributed by atoms with Crippen LogP contribution in [0.4, 0.5) is 5.69 Å². The Morgan fingerprint density at radius 2 is 1.70 bits per heavy atom. The fraction of sp³-hybridized carbons (Fsp3) is 0.667. The number of nitrogens with zero attached hydrogens (tertiary/aromatic N) is 1. The molecule has 0 amide bonds. The lowest BCUT2D eigenvalue weighted by atomic mass is 9.68. The molecule has 0 fully saturated rings. The largest absolute Gasteiger partial charge is 0.507 e. The molecule has 0 saturated carbocycles. The fourth-order valence-corrected chi connectivity index (χ4v) is 3.90. The molecule has 0 spiro atoms. The molecule has 0 atom stereocenters. The lowest BCUT2D eigenvalue weighted by Crippen LogP contribution is -2.44. The number of benzene rings is 1. The van der Waals surface area contributed by atoms with Gasteiger partial charge in [-0.25, -0.2) is 0 Å². The van der Waals surface area contributed by atoms with Crippen molar-refractivity contribution >= 4 is 5.69 Å². The first-order valence-corrected chi connectivity index (χ1v) is 7.92. The van der Waals surface area contributed by atoms with Gasteiger partial charge in [-0.2, -0.15) is 0 Å². The third-order valence-electron chi connectivity index (χ3n) is 5.47. The van der Waals surface area contributed by atoms with Crippen LogP contribution in [0.5, 0.6) is 5.75 Å². The van der Waals surface area contributed by atoms with Crippen LogP contribution in [0.3, 0.4) is 0 Å². The van der Waals surface area contributed by atoms with Crippen LogP contribution in [-0.2, 0) is 17.3 Å². The molecule has 2 heteroatoms. The van der Waals surface area contributed by atoms with Crippen molar-refractivity contribution in [3.63, 3.8) is 0 Å². The second-order valence-corrected chi connectivity index (χ2v) is 7.76. The first-order chi connectivity index (χ1) is 9.28. The van der Waals surface area contributed by atoms with Gasteiger partial charge in [-0.1, -0.05) is 34.6 Å². The molecule has 1 aromatic carbocycles. The summed E-state index contributed by atoms with van der Waals surface area (Å²) in [5.41, 5.74) is 5.39. The van der Waals surface area contributed by atoms with Crippen LogP contribution < -0.4 is 4.90 Å². The Labute approximate surface area is 122 Å². The number of rotatable bonds is 1. The zero-order valence-electron chi connectivity index (χ0n) is 13.5. The number of phenolic OH excluding ortho intramolecular Hbond substituents is 1. The minimum atomic E-state index is 0.0727. The summed E-state index contributed by atoms with van der Waals surface area (Å²) in [5.74, 6) is 0.554. The molecular weight excluding hydrogens is 246 g/mol. The van der Waals surface area contributed by atoms with E-state index >= 15 is 0 Å². The molecule has 0 radical (unpaired) electrons.